The van der Waals surface area contributed by atoms with Crippen molar-refractivity contribution in [2.45, 2.75) is 45.6 Å². The number of benzene rings is 2. The van der Waals surface area contributed by atoms with Crippen LogP contribution in [0.2, 0.25) is 0 Å². The lowest BCUT2D eigenvalue weighted by Crippen LogP contribution is -2.30. The fourth-order valence-corrected chi connectivity index (χ4v) is 3.97. The van der Waals surface area contributed by atoms with Crippen LogP contribution in [0.3, 0.4) is 0 Å². The summed E-state index contributed by atoms with van der Waals surface area (Å²) in [6, 6.07) is 10.9. The number of ether oxygens (including phenoxy) is 1. The summed E-state index contributed by atoms with van der Waals surface area (Å²) in [7, 11) is 1.59. The quantitative estimate of drug-likeness (QED) is 0.381. The van der Waals surface area contributed by atoms with Gasteiger partial charge in [0, 0.05) is 12.1 Å². The van der Waals surface area contributed by atoms with E-state index in [-0.39, 0.29) is 23.0 Å². The molecule has 164 valence electrons. The topological polar surface area (TPSA) is 87.1 Å². The van der Waals surface area contributed by atoms with Gasteiger partial charge in [-0.3, -0.25) is 9.59 Å². The molecule has 1 fully saturated rings. The molecule has 0 radical (unpaired) electrons. The summed E-state index contributed by atoms with van der Waals surface area (Å²) < 4.78 is 5.42. The van der Waals surface area contributed by atoms with Gasteiger partial charge in [-0.15, -0.1) is 0 Å². The standard InChI is InChI=1S/C25H29NO5/c1-5-6-12-26-22(16-8-7-9-18(27)13-16)21(24(29)25(26)30)23(28)17-10-11-20(31-4)19(14-17)15(2)3/h7-11,13-15,22,27-28H,5-6,12H2,1-4H3/b23-21-. The van der Waals surface area contributed by atoms with Crippen LogP contribution in [0.4, 0.5) is 0 Å². The third kappa shape index (κ3) is 4.29. The highest BCUT2D eigenvalue weighted by atomic mass is 16.5. The molecule has 0 bridgehead atoms. The highest BCUT2D eigenvalue weighted by molar-refractivity contribution is 6.46. The highest BCUT2D eigenvalue weighted by Crippen LogP contribution is 2.41. The van der Waals surface area contributed by atoms with Crippen LogP contribution in [0.5, 0.6) is 11.5 Å². The second-order valence-corrected chi connectivity index (χ2v) is 8.05. The monoisotopic (exact) mass is 423 g/mol. The molecule has 0 aliphatic carbocycles. The SMILES string of the molecule is CCCCN1C(=O)C(=O)/C(=C(\O)c2ccc(OC)c(C(C)C)c2)C1c1cccc(O)c1. The number of Topliss-reactive ketones (excluding diaryl/α,β-unsaturated/α-hetero) is 1. The molecule has 0 spiro atoms. The lowest BCUT2D eigenvalue weighted by atomic mass is 9.93. The van der Waals surface area contributed by atoms with E-state index < -0.39 is 17.7 Å². The summed E-state index contributed by atoms with van der Waals surface area (Å²) in [6.45, 7) is 6.42. The van der Waals surface area contributed by atoms with Crippen molar-refractivity contribution in [2.24, 2.45) is 0 Å². The fourth-order valence-electron chi connectivity index (χ4n) is 3.97. The first-order valence-corrected chi connectivity index (χ1v) is 10.6. The van der Waals surface area contributed by atoms with E-state index in [0.717, 1.165) is 18.4 Å². The minimum Gasteiger partial charge on any atom is -0.508 e. The van der Waals surface area contributed by atoms with E-state index in [4.69, 9.17) is 4.74 Å². The first kappa shape index (κ1) is 22.4. The van der Waals surface area contributed by atoms with Gasteiger partial charge in [0.05, 0.1) is 18.7 Å². The van der Waals surface area contributed by atoms with Crippen LogP contribution in [-0.4, -0.2) is 40.5 Å². The number of hydrogen-bond acceptors (Lipinski definition) is 5. The smallest absolute Gasteiger partial charge is 0.295 e. The maximum Gasteiger partial charge on any atom is 0.295 e. The Hall–Kier alpha value is -3.28. The molecule has 31 heavy (non-hydrogen) atoms. The zero-order valence-electron chi connectivity index (χ0n) is 18.4. The van der Waals surface area contributed by atoms with Crippen LogP contribution in [0.1, 0.15) is 62.3 Å². The molecule has 1 aliphatic rings. The number of amides is 1. The van der Waals surface area contributed by atoms with Crippen LogP contribution in [-0.2, 0) is 9.59 Å². The Kier molecular flexibility index (Phi) is 6.68. The van der Waals surface area contributed by atoms with Gasteiger partial charge < -0.3 is 19.8 Å². The van der Waals surface area contributed by atoms with Gasteiger partial charge in [-0.05, 0) is 53.8 Å². The molecule has 2 aromatic carbocycles. The number of carbonyl (C=O) groups excluding carboxylic acids is 2. The Morgan fingerprint density at radius 3 is 2.52 bits per heavy atom. The summed E-state index contributed by atoms with van der Waals surface area (Å²) in [5.74, 6) is -0.721. The van der Waals surface area contributed by atoms with Crippen LogP contribution in [0.25, 0.3) is 5.76 Å². The first-order chi connectivity index (χ1) is 14.8. The molecule has 1 saturated heterocycles. The molecule has 6 nitrogen and oxygen atoms in total. The number of phenolic OH excluding ortho intramolecular Hbond substituents is 1. The molecule has 1 amide bonds. The lowest BCUT2D eigenvalue weighted by molar-refractivity contribution is -0.139. The Bertz CT molecular complexity index is 1020. The molecular formula is C25H29NO5. The number of nitrogens with zero attached hydrogens (tertiary/aromatic N) is 1. The summed E-state index contributed by atoms with van der Waals surface area (Å²) in [5.41, 5.74) is 1.95. The van der Waals surface area contributed by atoms with Crippen molar-refractivity contribution in [3.05, 3.63) is 64.7 Å². The van der Waals surface area contributed by atoms with E-state index in [9.17, 15) is 19.8 Å². The van der Waals surface area contributed by atoms with Crippen molar-refractivity contribution in [2.75, 3.05) is 13.7 Å². The molecule has 2 aromatic rings. The number of aliphatic hydroxyl groups excluding tert-OH is 1. The van der Waals surface area contributed by atoms with E-state index in [1.54, 1.807) is 37.4 Å². The number of ketones is 1. The number of hydrogen-bond donors (Lipinski definition) is 2. The number of likely N-dealkylation sites (tertiary alicyclic amines) is 1. The van der Waals surface area contributed by atoms with E-state index in [1.807, 2.05) is 20.8 Å². The average Bonchev–Trinajstić information content (AvgIpc) is 3.01. The van der Waals surface area contributed by atoms with Gasteiger partial charge in [-0.2, -0.15) is 0 Å². The Balaban J connectivity index is 2.19. The number of carbonyl (C=O) groups is 2. The van der Waals surface area contributed by atoms with Gasteiger partial charge in [-0.25, -0.2) is 0 Å². The molecular weight excluding hydrogens is 394 g/mol. The first-order valence-electron chi connectivity index (χ1n) is 10.6. The molecule has 1 unspecified atom stereocenters. The van der Waals surface area contributed by atoms with E-state index in [2.05, 4.69) is 0 Å². The normalized spacial score (nSPS) is 18.1. The Morgan fingerprint density at radius 2 is 1.90 bits per heavy atom. The molecule has 1 heterocycles. The van der Waals surface area contributed by atoms with Crippen molar-refractivity contribution in [3.63, 3.8) is 0 Å². The number of methoxy groups -OCH3 is 1. The van der Waals surface area contributed by atoms with Gasteiger partial charge in [0.25, 0.3) is 11.7 Å². The maximum atomic E-state index is 13.0. The highest BCUT2D eigenvalue weighted by Gasteiger charge is 2.45. The Morgan fingerprint density at radius 1 is 1.16 bits per heavy atom. The number of phenols is 1. The summed E-state index contributed by atoms with van der Waals surface area (Å²) >= 11 is 0. The minimum atomic E-state index is -0.761. The molecule has 1 aliphatic heterocycles. The van der Waals surface area contributed by atoms with Crippen LogP contribution >= 0.6 is 0 Å². The van der Waals surface area contributed by atoms with Crippen molar-refractivity contribution in [1.29, 1.82) is 0 Å². The number of aromatic hydroxyl groups is 1. The van der Waals surface area contributed by atoms with Crippen LogP contribution in [0, 0.1) is 0 Å². The zero-order valence-corrected chi connectivity index (χ0v) is 18.4. The minimum absolute atomic E-state index is 0.0325. The van der Waals surface area contributed by atoms with E-state index >= 15 is 0 Å². The van der Waals surface area contributed by atoms with Gasteiger partial charge >= 0.3 is 0 Å². The lowest BCUT2D eigenvalue weighted by Gasteiger charge is -2.25. The van der Waals surface area contributed by atoms with Gasteiger partial charge in [-0.1, -0.05) is 39.3 Å². The largest absolute Gasteiger partial charge is 0.508 e. The molecule has 1 atom stereocenters. The summed E-state index contributed by atoms with van der Waals surface area (Å²) in [6.07, 6.45) is 1.58. The molecule has 6 heteroatoms. The van der Waals surface area contributed by atoms with Crippen molar-refractivity contribution in [1.82, 2.24) is 4.90 Å². The van der Waals surface area contributed by atoms with Crippen molar-refractivity contribution >= 4 is 17.4 Å². The summed E-state index contributed by atoms with van der Waals surface area (Å²) in [5, 5.41) is 21.2. The molecule has 2 N–H and O–H groups in total. The average molecular weight is 424 g/mol. The second-order valence-electron chi connectivity index (χ2n) is 8.05. The summed E-state index contributed by atoms with van der Waals surface area (Å²) in [4.78, 5) is 27.3. The third-order valence-electron chi connectivity index (χ3n) is 5.60. The van der Waals surface area contributed by atoms with Crippen molar-refractivity contribution in [3.8, 4) is 11.5 Å². The molecule has 0 saturated carbocycles. The predicted octanol–water partition coefficient (Wildman–Crippen LogP) is 4.75. The van der Waals surface area contributed by atoms with E-state index in [1.165, 1.54) is 17.0 Å². The van der Waals surface area contributed by atoms with Crippen LogP contribution < -0.4 is 4.74 Å². The fraction of sp³-hybridized carbons (Fsp3) is 0.360. The zero-order chi connectivity index (χ0) is 22.7. The second kappa shape index (κ2) is 9.25. The number of aliphatic hydroxyl groups is 1. The van der Waals surface area contributed by atoms with E-state index in [0.29, 0.717) is 23.4 Å². The van der Waals surface area contributed by atoms with Crippen LogP contribution in [0.15, 0.2) is 48.0 Å². The third-order valence-corrected chi connectivity index (χ3v) is 5.60. The number of unbranched alkanes of at least 4 members (excludes halogenated alkanes) is 1. The molecule has 3 rings (SSSR count). The number of rotatable bonds is 7. The Labute approximate surface area is 182 Å². The van der Waals surface area contributed by atoms with Crippen molar-refractivity contribution < 1.29 is 24.5 Å². The van der Waals surface area contributed by atoms with Gasteiger partial charge in [0.15, 0.2) is 0 Å². The maximum absolute atomic E-state index is 13.0. The predicted molar refractivity (Wildman–Crippen MR) is 119 cm³/mol. The molecule has 0 aromatic heterocycles. The van der Waals surface area contributed by atoms with Gasteiger partial charge in [0.1, 0.15) is 17.3 Å². The van der Waals surface area contributed by atoms with Gasteiger partial charge in [0.2, 0.25) is 0 Å².